The SMILES string of the molecule is CN=C1/C=C/CC/C=C/C[C@@H](C)OC(=O)c2c(O)cc(O)c(C3CCCCO3)c2C1. The molecule has 0 bridgehead atoms. The fourth-order valence-corrected chi connectivity index (χ4v) is 3.96. The first kappa shape index (κ1) is 22.1. The van der Waals surface area contributed by atoms with Crippen molar-refractivity contribution in [2.45, 2.75) is 64.1 Å². The predicted octanol–water partition coefficient (Wildman–Crippen LogP) is 4.79. The van der Waals surface area contributed by atoms with Gasteiger partial charge in [0.2, 0.25) is 0 Å². The minimum atomic E-state index is -0.600. The minimum Gasteiger partial charge on any atom is -0.507 e. The lowest BCUT2D eigenvalue weighted by atomic mass is 9.88. The highest BCUT2D eigenvalue weighted by molar-refractivity contribution is 6.01. The van der Waals surface area contributed by atoms with Crippen molar-refractivity contribution in [2.75, 3.05) is 13.7 Å². The van der Waals surface area contributed by atoms with Crippen LogP contribution in [0, 0.1) is 0 Å². The molecule has 6 nitrogen and oxygen atoms in total. The van der Waals surface area contributed by atoms with E-state index in [1.54, 1.807) is 7.05 Å². The topological polar surface area (TPSA) is 88.4 Å². The molecule has 1 unspecified atom stereocenters. The first-order valence-electron chi connectivity index (χ1n) is 10.7. The second-order valence-corrected chi connectivity index (χ2v) is 7.83. The van der Waals surface area contributed by atoms with Crippen LogP contribution in [0.4, 0.5) is 0 Å². The van der Waals surface area contributed by atoms with Gasteiger partial charge in [-0.2, -0.15) is 0 Å². The van der Waals surface area contributed by atoms with Crippen LogP contribution in [0.1, 0.15) is 73.0 Å². The van der Waals surface area contributed by atoms with Gasteiger partial charge in [0.1, 0.15) is 23.2 Å². The number of aromatic hydroxyl groups is 2. The number of carbonyl (C=O) groups is 1. The van der Waals surface area contributed by atoms with Crippen LogP contribution in [-0.4, -0.2) is 41.7 Å². The Labute approximate surface area is 177 Å². The molecular weight excluding hydrogens is 382 g/mol. The van der Waals surface area contributed by atoms with Gasteiger partial charge in [-0.1, -0.05) is 18.2 Å². The summed E-state index contributed by atoms with van der Waals surface area (Å²) < 4.78 is 11.5. The highest BCUT2D eigenvalue weighted by atomic mass is 16.5. The molecule has 1 aromatic carbocycles. The number of carbonyl (C=O) groups excluding carboxylic acids is 1. The second-order valence-electron chi connectivity index (χ2n) is 7.83. The van der Waals surface area contributed by atoms with E-state index in [-0.39, 0.29) is 29.3 Å². The van der Waals surface area contributed by atoms with Gasteiger partial charge in [0, 0.05) is 43.8 Å². The number of fused-ring (bicyclic) bond motifs is 1. The average Bonchev–Trinajstić information content (AvgIpc) is 2.71. The number of phenols is 2. The van der Waals surface area contributed by atoms with E-state index >= 15 is 0 Å². The van der Waals surface area contributed by atoms with Crippen LogP contribution in [0.25, 0.3) is 0 Å². The van der Waals surface area contributed by atoms with Gasteiger partial charge in [0.25, 0.3) is 0 Å². The van der Waals surface area contributed by atoms with Crippen LogP contribution in [0.15, 0.2) is 35.4 Å². The second kappa shape index (κ2) is 10.4. The number of rotatable bonds is 1. The summed E-state index contributed by atoms with van der Waals surface area (Å²) in [5.41, 5.74) is 1.91. The van der Waals surface area contributed by atoms with Crippen molar-refractivity contribution in [1.29, 1.82) is 0 Å². The molecule has 0 aliphatic carbocycles. The minimum absolute atomic E-state index is 0.0671. The zero-order valence-corrected chi connectivity index (χ0v) is 17.8. The van der Waals surface area contributed by atoms with E-state index in [4.69, 9.17) is 9.47 Å². The highest BCUT2D eigenvalue weighted by Crippen LogP contribution is 2.41. The molecule has 2 aliphatic rings. The first-order chi connectivity index (χ1) is 14.5. The summed E-state index contributed by atoms with van der Waals surface area (Å²) in [4.78, 5) is 17.4. The van der Waals surface area contributed by atoms with Crippen LogP contribution < -0.4 is 0 Å². The number of phenolic OH excluding ortho intramolecular Hbond substituents is 2. The molecular formula is C24H31NO5. The van der Waals surface area contributed by atoms with Gasteiger partial charge in [-0.15, -0.1) is 0 Å². The number of allylic oxidation sites excluding steroid dienone is 3. The summed E-state index contributed by atoms with van der Waals surface area (Å²) in [6.07, 6.45) is 12.8. The lowest BCUT2D eigenvalue weighted by molar-refractivity contribution is 0.0129. The van der Waals surface area contributed by atoms with Crippen LogP contribution >= 0.6 is 0 Å². The summed E-state index contributed by atoms with van der Waals surface area (Å²) in [5, 5.41) is 21.3. The smallest absolute Gasteiger partial charge is 0.342 e. The fourth-order valence-electron chi connectivity index (χ4n) is 3.96. The number of nitrogens with zero attached hydrogens (tertiary/aromatic N) is 1. The summed E-state index contributed by atoms with van der Waals surface area (Å²) in [6.45, 7) is 2.43. The quantitative estimate of drug-likeness (QED) is 0.510. The number of benzene rings is 1. The van der Waals surface area contributed by atoms with Crippen molar-refractivity contribution >= 4 is 11.7 Å². The molecule has 2 N–H and O–H groups in total. The lowest BCUT2D eigenvalue weighted by Gasteiger charge is -2.27. The summed E-state index contributed by atoms with van der Waals surface area (Å²) in [7, 11) is 1.70. The molecule has 0 amide bonds. The van der Waals surface area contributed by atoms with E-state index in [0.717, 1.165) is 37.8 Å². The molecule has 2 heterocycles. The third-order valence-electron chi connectivity index (χ3n) is 5.54. The first-order valence-corrected chi connectivity index (χ1v) is 10.7. The number of cyclic esters (lactones) is 1. The van der Waals surface area contributed by atoms with E-state index in [1.165, 1.54) is 6.07 Å². The largest absolute Gasteiger partial charge is 0.507 e. The van der Waals surface area contributed by atoms with E-state index in [1.807, 2.05) is 19.1 Å². The normalized spacial score (nSPS) is 27.0. The van der Waals surface area contributed by atoms with Crippen molar-refractivity contribution in [3.8, 4) is 11.5 Å². The van der Waals surface area contributed by atoms with E-state index in [0.29, 0.717) is 30.6 Å². The Bertz CT molecular complexity index is 850. The maximum Gasteiger partial charge on any atom is 0.342 e. The van der Waals surface area contributed by atoms with Gasteiger partial charge in [-0.25, -0.2) is 4.79 Å². The Morgan fingerprint density at radius 1 is 1.10 bits per heavy atom. The standard InChI is InChI=1S/C24H31NO5/c1-16-10-6-4-3-5-7-11-17(25-2)14-18-22(21-12-8-9-13-29-21)19(26)15-20(27)23(18)24(28)30-16/h4,6-7,11,15-16,21,26-27H,3,5,8-10,12-14H2,1-2H3/b6-4+,11-7+,25-17?/t16-,21?/m1/s1. The number of hydrogen-bond donors (Lipinski definition) is 2. The van der Waals surface area contributed by atoms with Gasteiger partial charge >= 0.3 is 5.97 Å². The van der Waals surface area contributed by atoms with Gasteiger partial charge in [-0.3, -0.25) is 4.99 Å². The Hall–Kier alpha value is -2.60. The van der Waals surface area contributed by atoms with Gasteiger partial charge in [0.15, 0.2) is 0 Å². The zero-order valence-electron chi connectivity index (χ0n) is 17.8. The lowest BCUT2D eigenvalue weighted by Crippen LogP contribution is -2.21. The van der Waals surface area contributed by atoms with Crippen molar-refractivity contribution < 1.29 is 24.5 Å². The Balaban J connectivity index is 2.13. The van der Waals surface area contributed by atoms with E-state index in [2.05, 4.69) is 17.1 Å². The molecule has 3 rings (SSSR count). The molecule has 0 radical (unpaired) electrons. The maximum absolute atomic E-state index is 13.1. The van der Waals surface area contributed by atoms with E-state index < -0.39 is 5.97 Å². The van der Waals surface area contributed by atoms with Crippen LogP contribution in [-0.2, 0) is 15.9 Å². The summed E-state index contributed by atoms with van der Waals surface area (Å²) >= 11 is 0. The number of ether oxygens (including phenoxy) is 2. The zero-order chi connectivity index (χ0) is 21.5. The molecule has 0 spiro atoms. The van der Waals surface area contributed by atoms with Gasteiger partial charge in [0.05, 0.1) is 6.10 Å². The molecule has 162 valence electrons. The summed E-state index contributed by atoms with van der Waals surface area (Å²) in [5.74, 6) is -0.958. The van der Waals surface area contributed by atoms with Crippen LogP contribution in [0.5, 0.6) is 11.5 Å². The van der Waals surface area contributed by atoms with Crippen molar-refractivity contribution in [1.82, 2.24) is 0 Å². The van der Waals surface area contributed by atoms with Crippen molar-refractivity contribution in [3.63, 3.8) is 0 Å². The Morgan fingerprint density at radius 3 is 2.63 bits per heavy atom. The number of hydrogen-bond acceptors (Lipinski definition) is 6. The molecule has 1 fully saturated rings. The number of aliphatic imine (C=N–C) groups is 1. The van der Waals surface area contributed by atoms with Crippen LogP contribution in [0.2, 0.25) is 0 Å². The molecule has 6 heteroatoms. The van der Waals surface area contributed by atoms with Gasteiger partial charge < -0.3 is 19.7 Å². The molecule has 1 saturated heterocycles. The molecule has 0 aromatic heterocycles. The van der Waals surface area contributed by atoms with Crippen molar-refractivity contribution in [3.05, 3.63) is 47.1 Å². The van der Waals surface area contributed by atoms with Gasteiger partial charge in [-0.05, 0) is 50.7 Å². The highest BCUT2D eigenvalue weighted by Gasteiger charge is 2.30. The fraction of sp³-hybridized carbons (Fsp3) is 0.500. The summed E-state index contributed by atoms with van der Waals surface area (Å²) in [6, 6.07) is 1.22. The van der Waals surface area contributed by atoms with Crippen LogP contribution in [0.3, 0.4) is 0 Å². The molecule has 0 saturated carbocycles. The monoisotopic (exact) mass is 413 g/mol. The van der Waals surface area contributed by atoms with E-state index in [9.17, 15) is 15.0 Å². The Kier molecular flexibility index (Phi) is 7.69. The third-order valence-corrected chi connectivity index (χ3v) is 5.54. The average molecular weight is 414 g/mol. The molecule has 2 aliphatic heterocycles. The molecule has 2 atom stereocenters. The molecule has 30 heavy (non-hydrogen) atoms. The molecule has 1 aromatic rings. The predicted molar refractivity (Wildman–Crippen MR) is 116 cm³/mol. The maximum atomic E-state index is 13.1. The third kappa shape index (κ3) is 5.30. The van der Waals surface area contributed by atoms with Crippen molar-refractivity contribution in [2.24, 2.45) is 4.99 Å². The number of esters is 1. The Morgan fingerprint density at radius 2 is 1.90 bits per heavy atom.